The fourth-order valence-electron chi connectivity index (χ4n) is 1.83. The summed E-state index contributed by atoms with van der Waals surface area (Å²) >= 11 is 19.0. The Kier molecular flexibility index (Phi) is 5.80. The molecule has 0 atom stereocenters. The van der Waals surface area contributed by atoms with Gasteiger partial charge in [-0.25, -0.2) is 0 Å². The summed E-state index contributed by atoms with van der Waals surface area (Å²) in [5.41, 5.74) is 0.865. The van der Waals surface area contributed by atoms with E-state index in [1.54, 1.807) is 18.3 Å². The minimum atomic E-state index is -0.325. The van der Waals surface area contributed by atoms with Gasteiger partial charge in [0.25, 0.3) is 11.1 Å². The molecule has 0 aliphatic carbocycles. The number of hydrogen-bond donors (Lipinski definition) is 1. The van der Waals surface area contributed by atoms with Gasteiger partial charge in [0, 0.05) is 11.2 Å². The Hall–Kier alpha value is -1.80. The number of nitrogens with zero attached hydrogens (tertiary/aromatic N) is 3. The molecule has 0 saturated carbocycles. The van der Waals surface area contributed by atoms with Crippen LogP contribution in [0.4, 0.5) is 5.69 Å². The zero-order valence-corrected chi connectivity index (χ0v) is 15.5. The van der Waals surface area contributed by atoms with Crippen LogP contribution in [0.15, 0.2) is 46.2 Å². The summed E-state index contributed by atoms with van der Waals surface area (Å²) < 4.78 is 5.46. The van der Waals surface area contributed by atoms with Gasteiger partial charge in [-0.05, 0) is 24.3 Å². The van der Waals surface area contributed by atoms with Crippen molar-refractivity contribution in [2.24, 2.45) is 0 Å². The third-order valence-corrected chi connectivity index (χ3v) is 4.52. The van der Waals surface area contributed by atoms with Gasteiger partial charge in [0.2, 0.25) is 5.91 Å². The normalized spacial score (nSPS) is 10.7. The summed E-state index contributed by atoms with van der Waals surface area (Å²) in [6.07, 6.45) is 1.62. The van der Waals surface area contributed by atoms with Gasteiger partial charge < -0.3 is 9.73 Å². The predicted molar refractivity (Wildman–Crippen MR) is 98.4 cm³/mol. The highest BCUT2D eigenvalue weighted by molar-refractivity contribution is 7.99. The molecule has 10 heteroatoms. The quantitative estimate of drug-likeness (QED) is 0.602. The summed E-state index contributed by atoms with van der Waals surface area (Å²) in [6.45, 7) is 0. The molecule has 1 N–H and O–H groups in total. The molecule has 0 aliphatic rings. The molecular weight excluding hydrogens is 407 g/mol. The number of nitrogens with one attached hydrogen (secondary N) is 1. The van der Waals surface area contributed by atoms with Crippen molar-refractivity contribution in [1.82, 2.24) is 15.2 Å². The van der Waals surface area contributed by atoms with Gasteiger partial charge in [-0.15, -0.1) is 10.2 Å². The Morgan fingerprint density at radius 1 is 1.16 bits per heavy atom. The van der Waals surface area contributed by atoms with Gasteiger partial charge in [0.15, 0.2) is 0 Å². The number of carbonyl (C=O) groups is 1. The third-order valence-electron chi connectivity index (χ3n) is 2.89. The van der Waals surface area contributed by atoms with Crippen LogP contribution in [0.25, 0.3) is 11.6 Å². The molecule has 25 heavy (non-hydrogen) atoms. The predicted octanol–water partition coefficient (Wildman–Crippen LogP) is 4.82. The zero-order chi connectivity index (χ0) is 17.8. The maximum absolute atomic E-state index is 12.1. The van der Waals surface area contributed by atoms with Crippen LogP contribution >= 0.6 is 46.6 Å². The molecule has 0 spiro atoms. The molecule has 2 heterocycles. The van der Waals surface area contributed by atoms with E-state index >= 15 is 0 Å². The first-order valence-electron chi connectivity index (χ1n) is 6.85. The first-order chi connectivity index (χ1) is 12.0. The summed E-state index contributed by atoms with van der Waals surface area (Å²) in [4.78, 5) is 16.2. The summed E-state index contributed by atoms with van der Waals surface area (Å²) in [5, 5.41) is 11.6. The van der Waals surface area contributed by atoms with Crippen LogP contribution in [0.2, 0.25) is 15.1 Å². The lowest BCUT2D eigenvalue weighted by Gasteiger charge is -2.09. The molecule has 0 bridgehead atoms. The molecule has 0 fully saturated rings. The van der Waals surface area contributed by atoms with E-state index < -0.39 is 0 Å². The molecule has 0 aliphatic heterocycles. The maximum Gasteiger partial charge on any atom is 0.277 e. The van der Waals surface area contributed by atoms with Gasteiger partial charge in [-0.2, -0.15) is 0 Å². The average Bonchev–Trinajstić information content (AvgIpc) is 3.06. The fourth-order valence-corrected chi connectivity index (χ4v) is 3.30. The van der Waals surface area contributed by atoms with Crippen molar-refractivity contribution in [3.05, 3.63) is 51.6 Å². The van der Waals surface area contributed by atoms with E-state index in [1.165, 1.54) is 12.1 Å². The number of rotatable bonds is 5. The second-order valence-electron chi connectivity index (χ2n) is 4.67. The standard InChI is InChI=1S/C15H9Cl3N4O2S/c16-8-5-9(17)13(10(18)6-8)20-12(23)7-25-15-22-21-14(24-15)11-3-1-2-4-19-11/h1-6H,7H2,(H,20,23). The van der Waals surface area contributed by atoms with Crippen LogP contribution in [0, 0.1) is 0 Å². The summed E-state index contributed by atoms with van der Waals surface area (Å²) in [5.74, 6) is 0.0000749. The van der Waals surface area contributed by atoms with Gasteiger partial charge >= 0.3 is 0 Å². The van der Waals surface area contributed by atoms with Crippen molar-refractivity contribution in [2.45, 2.75) is 5.22 Å². The number of anilines is 1. The summed E-state index contributed by atoms with van der Waals surface area (Å²) in [6, 6.07) is 8.34. The topological polar surface area (TPSA) is 80.9 Å². The van der Waals surface area contributed by atoms with Crippen LogP contribution < -0.4 is 5.32 Å². The van der Waals surface area contributed by atoms with Crippen LogP contribution in [0.3, 0.4) is 0 Å². The molecule has 3 aromatic rings. The van der Waals surface area contributed by atoms with Crippen molar-refractivity contribution in [2.75, 3.05) is 11.1 Å². The smallest absolute Gasteiger partial charge is 0.277 e. The van der Waals surface area contributed by atoms with Crippen LogP contribution in [0.5, 0.6) is 0 Å². The van der Waals surface area contributed by atoms with Crippen molar-refractivity contribution in [3.8, 4) is 11.6 Å². The lowest BCUT2D eigenvalue weighted by Crippen LogP contribution is -2.14. The van der Waals surface area contributed by atoms with E-state index in [9.17, 15) is 4.79 Å². The Bertz CT molecular complexity index is 882. The van der Waals surface area contributed by atoms with E-state index in [1.807, 2.05) is 6.07 Å². The largest absolute Gasteiger partial charge is 0.410 e. The van der Waals surface area contributed by atoms with E-state index in [2.05, 4.69) is 20.5 Å². The summed E-state index contributed by atoms with van der Waals surface area (Å²) in [7, 11) is 0. The molecule has 0 saturated heterocycles. The number of halogens is 3. The van der Waals surface area contributed by atoms with E-state index in [-0.39, 0.29) is 32.8 Å². The number of benzene rings is 1. The SMILES string of the molecule is O=C(CSc1nnc(-c2ccccn2)o1)Nc1c(Cl)cc(Cl)cc1Cl. The highest BCUT2D eigenvalue weighted by Crippen LogP contribution is 2.33. The highest BCUT2D eigenvalue weighted by Gasteiger charge is 2.14. The average molecular weight is 416 g/mol. The Labute approximate surface area is 161 Å². The van der Waals surface area contributed by atoms with Crippen molar-refractivity contribution in [3.63, 3.8) is 0 Å². The molecule has 3 rings (SSSR count). The Balaban J connectivity index is 1.61. The first-order valence-corrected chi connectivity index (χ1v) is 8.97. The van der Waals surface area contributed by atoms with Crippen molar-refractivity contribution >= 4 is 58.2 Å². The number of amides is 1. The molecule has 2 aromatic heterocycles. The molecule has 1 amide bonds. The number of carbonyl (C=O) groups excluding carboxylic acids is 1. The Morgan fingerprint density at radius 2 is 1.92 bits per heavy atom. The number of pyridine rings is 1. The van der Waals surface area contributed by atoms with Crippen LogP contribution in [0.1, 0.15) is 0 Å². The van der Waals surface area contributed by atoms with E-state index in [0.29, 0.717) is 16.4 Å². The van der Waals surface area contributed by atoms with Gasteiger partial charge in [-0.1, -0.05) is 52.6 Å². The second kappa shape index (κ2) is 8.05. The monoisotopic (exact) mass is 414 g/mol. The van der Waals surface area contributed by atoms with Crippen molar-refractivity contribution in [1.29, 1.82) is 0 Å². The molecule has 0 unspecified atom stereocenters. The third kappa shape index (κ3) is 4.64. The van der Waals surface area contributed by atoms with Crippen molar-refractivity contribution < 1.29 is 9.21 Å². The molecule has 0 radical (unpaired) electrons. The highest BCUT2D eigenvalue weighted by atomic mass is 35.5. The second-order valence-corrected chi connectivity index (χ2v) is 6.85. The van der Waals surface area contributed by atoms with Gasteiger partial charge in [-0.3, -0.25) is 9.78 Å². The molecule has 128 valence electrons. The van der Waals surface area contributed by atoms with Crippen LogP contribution in [-0.2, 0) is 4.79 Å². The maximum atomic E-state index is 12.1. The number of aromatic nitrogens is 3. The minimum Gasteiger partial charge on any atom is -0.410 e. The lowest BCUT2D eigenvalue weighted by molar-refractivity contribution is -0.113. The molecule has 6 nitrogen and oxygen atoms in total. The Morgan fingerprint density at radius 3 is 2.60 bits per heavy atom. The zero-order valence-electron chi connectivity index (χ0n) is 12.4. The van der Waals surface area contributed by atoms with Gasteiger partial charge in [0.05, 0.1) is 21.5 Å². The molecule has 1 aromatic carbocycles. The van der Waals surface area contributed by atoms with E-state index in [4.69, 9.17) is 39.2 Å². The minimum absolute atomic E-state index is 0.0408. The van der Waals surface area contributed by atoms with Crippen LogP contribution in [-0.4, -0.2) is 26.8 Å². The van der Waals surface area contributed by atoms with Gasteiger partial charge in [0.1, 0.15) is 5.69 Å². The molecular formula is C15H9Cl3N4O2S. The number of hydrogen-bond acceptors (Lipinski definition) is 6. The number of thioether (sulfide) groups is 1. The first kappa shape index (κ1) is 18.0. The fraction of sp³-hybridized carbons (Fsp3) is 0.0667. The van der Waals surface area contributed by atoms with E-state index in [0.717, 1.165) is 11.8 Å². The lowest BCUT2D eigenvalue weighted by atomic mass is 10.3.